The van der Waals surface area contributed by atoms with Crippen LogP contribution in [0.4, 0.5) is 24.5 Å². The van der Waals surface area contributed by atoms with Gasteiger partial charge in [0.15, 0.2) is 11.6 Å². The first-order valence-corrected chi connectivity index (χ1v) is 6.83. The summed E-state index contributed by atoms with van der Waals surface area (Å²) < 4.78 is 42.4. The number of hydrogen-bond acceptors (Lipinski definition) is 3. The number of alkyl halides is 2. The van der Waals surface area contributed by atoms with Crippen molar-refractivity contribution < 1.29 is 17.9 Å². The number of ether oxygens (including phenoxy) is 1. The quantitative estimate of drug-likeness (QED) is 0.857. The van der Waals surface area contributed by atoms with Crippen LogP contribution >= 0.6 is 0 Å². The van der Waals surface area contributed by atoms with Crippen molar-refractivity contribution in [2.75, 3.05) is 17.2 Å². The number of rotatable bonds is 4. The zero-order valence-electron chi connectivity index (χ0n) is 11.4. The molecule has 20 heavy (non-hydrogen) atoms. The molecule has 1 atom stereocenters. The molecule has 1 aromatic carbocycles. The van der Waals surface area contributed by atoms with Crippen molar-refractivity contribution in [3.05, 3.63) is 17.9 Å². The SMILES string of the molecule is CCC1CCCCN1c1cc(OC(F)F)c(F)cc1N. The first-order chi connectivity index (χ1) is 9.52. The summed E-state index contributed by atoms with van der Waals surface area (Å²) in [4.78, 5) is 2.07. The Hall–Kier alpha value is -1.59. The van der Waals surface area contributed by atoms with Crippen molar-refractivity contribution in [2.24, 2.45) is 0 Å². The van der Waals surface area contributed by atoms with Gasteiger partial charge in [-0.2, -0.15) is 8.78 Å². The predicted molar refractivity (Wildman–Crippen MR) is 72.7 cm³/mol. The lowest BCUT2D eigenvalue weighted by Gasteiger charge is -2.38. The van der Waals surface area contributed by atoms with Crippen LogP contribution in [0.25, 0.3) is 0 Å². The lowest BCUT2D eigenvalue weighted by atomic mass is 9.98. The molecule has 1 fully saturated rings. The Bertz CT molecular complexity index is 468. The maximum Gasteiger partial charge on any atom is 0.387 e. The van der Waals surface area contributed by atoms with Gasteiger partial charge in [-0.3, -0.25) is 0 Å². The molecule has 0 aliphatic carbocycles. The van der Waals surface area contributed by atoms with Crippen LogP contribution < -0.4 is 15.4 Å². The Balaban J connectivity index is 2.34. The highest BCUT2D eigenvalue weighted by molar-refractivity contribution is 5.70. The van der Waals surface area contributed by atoms with Gasteiger partial charge in [0, 0.05) is 24.7 Å². The molecule has 2 N–H and O–H groups in total. The Labute approximate surface area is 116 Å². The second-order valence-corrected chi connectivity index (χ2v) is 4.97. The van der Waals surface area contributed by atoms with Gasteiger partial charge in [0.1, 0.15) is 0 Å². The van der Waals surface area contributed by atoms with Crippen LogP contribution in [0, 0.1) is 5.82 Å². The fourth-order valence-electron chi connectivity index (χ4n) is 2.74. The van der Waals surface area contributed by atoms with E-state index in [-0.39, 0.29) is 5.69 Å². The number of nitrogens with two attached hydrogens (primary N) is 1. The molecule has 112 valence electrons. The number of nitrogens with zero attached hydrogens (tertiary/aromatic N) is 1. The van der Waals surface area contributed by atoms with Crippen LogP contribution in [0.3, 0.4) is 0 Å². The van der Waals surface area contributed by atoms with E-state index in [1.165, 1.54) is 6.07 Å². The summed E-state index contributed by atoms with van der Waals surface area (Å²) in [5.41, 5.74) is 6.68. The Morgan fingerprint density at radius 1 is 1.40 bits per heavy atom. The highest BCUT2D eigenvalue weighted by atomic mass is 19.3. The van der Waals surface area contributed by atoms with Gasteiger partial charge in [-0.25, -0.2) is 4.39 Å². The summed E-state index contributed by atoms with van der Waals surface area (Å²) in [5, 5.41) is 0. The molecule has 1 aromatic rings. The number of anilines is 2. The van der Waals surface area contributed by atoms with E-state index >= 15 is 0 Å². The molecule has 6 heteroatoms. The molecule has 0 amide bonds. The number of benzene rings is 1. The zero-order valence-corrected chi connectivity index (χ0v) is 11.4. The zero-order chi connectivity index (χ0) is 14.7. The van der Waals surface area contributed by atoms with Gasteiger partial charge >= 0.3 is 6.61 Å². The van der Waals surface area contributed by atoms with Crippen LogP contribution in [-0.2, 0) is 0 Å². The van der Waals surface area contributed by atoms with E-state index < -0.39 is 18.2 Å². The second kappa shape index (κ2) is 6.24. The summed E-state index contributed by atoms with van der Waals surface area (Å²) in [6.07, 6.45) is 4.11. The largest absolute Gasteiger partial charge is 0.432 e. The van der Waals surface area contributed by atoms with Gasteiger partial charge in [0.2, 0.25) is 0 Å². The summed E-state index contributed by atoms with van der Waals surface area (Å²) >= 11 is 0. The fraction of sp³-hybridized carbons (Fsp3) is 0.571. The van der Waals surface area contributed by atoms with Crippen LogP contribution in [-0.4, -0.2) is 19.2 Å². The number of piperidine rings is 1. The maximum atomic E-state index is 13.6. The Kier molecular flexibility index (Phi) is 4.62. The van der Waals surface area contributed by atoms with Crippen molar-refractivity contribution >= 4 is 11.4 Å². The molecule has 2 rings (SSSR count). The van der Waals surface area contributed by atoms with E-state index in [1.807, 2.05) is 0 Å². The molecular weight excluding hydrogens is 269 g/mol. The third kappa shape index (κ3) is 3.11. The molecule has 1 heterocycles. The summed E-state index contributed by atoms with van der Waals surface area (Å²) in [6, 6.07) is 2.63. The van der Waals surface area contributed by atoms with Crippen molar-refractivity contribution in [3.8, 4) is 5.75 Å². The highest BCUT2D eigenvalue weighted by Crippen LogP contribution is 2.35. The van der Waals surface area contributed by atoms with Crippen molar-refractivity contribution in [1.82, 2.24) is 0 Å². The monoisotopic (exact) mass is 288 g/mol. The van der Waals surface area contributed by atoms with Gasteiger partial charge in [-0.15, -0.1) is 0 Å². The van der Waals surface area contributed by atoms with Gasteiger partial charge < -0.3 is 15.4 Å². The highest BCUT2D eigenvalue weighted by Gasteiger charge is 2.24. The molecule has 3 nitrogen and oxygen atoms in total. The van der Waals surface area contributed by atoms with E-state index in [2.05, 4.69) is 16.6 Å². The first-order valence-electron chi connectivity index (χ1n) is 6.83. The lowest BCUT2D eigenvalue weighted by Crippen LogP contribution is -2.39. The molecule has 0 bridgehead atoms. The Morgan fingerprint density at radius 3 is 2.80 bits per heavy atom. The van der Waals surface area contributed by atoms with Gasteiger partial charge in [0.05, 0.1) is 11.4 Å². The molecule has 0 spiro atoms. The molecular formula is C14H19F3N2O. The third-order valence-corrected chi connectivity index (χ3v) is 3.71. The van der Waals surface area contributed by atoms with E-state index in [9.17, 15) is 13.2 Å². The minimum atomic E-state index is -3.05. The van der Waals surface area contributed by atoms with Crippen molar-refractivity contribution in [3.63, 3.8) is 0 Å². The summed E-state index contributed by atoms with van der Waals surface area (Å²) in [6.45, 7) is -0.189. The second-order valence-electron chi connectivity index (χ2n) is 4.97. The van der Waals surface area contributed by atoms with E-state index in [1.54, 1.807) is 0 Å². The van der Waals surface area contributed by atoms with Crippen LogP contribution in [0.5, 0.6) is 5.75 Å². The number of hydrogen-bond donors (Lipinski definition) is 1. The van der Waals surface area contributed by atoms with E-state index in [0.29, 0.717) is 11.7 Å². The molecule has 0 radical (unpaired) electrons. The number of nitrogen functional groups attached to an aromatic ring is 1. The Morgan fingerprint density at radius 2 is 2.15 bits per heavy atom. The van der Waals surface area contributed by atoms with E-state index in [4.69, 9.17) is 5.73 Å². The maximum absolute atomic E-state index is 13.6. The summed E-state index contributed by atoms with van der Waals surface area (Å²) in [7, 11) is 0. The van der Waals surface area contributed by atoms with Crippen molar-refractivity contribution in [1.29, 1.82) is 0 Å². The first kappa shape index (κ1) is 14.8. The van der Waals surface area contributed by atoms with Gasteiger partial charge in [0.25, 0.3) is 0 Å². The third-order valence-electron chi connectivity index (χ3n) is 3.71. The number of halogens is 3. The molecule has 1 unspecified atom stereocenters. The van der Waals surface area contributed by atoms with Crippen LogP contribution in [0.1, 0.15) is 32.6 Å². The van der Waals surface area contributed by atoms with Crippen molar-refractivity contribution in [2.45, 2.75) is 45.3 Å². The predicted octanol–water partition coefficient (Wildman–Crippen LogP) is 3.78. The van der Waals surface area contributed by atoms with E-state index in [0.717, 1.165) is 38.3 Å². The molecule has 1 saturated heterocycles. The topological polar surface area (TPSA) is 38.5 Å². The fourth-order valence-corrected chi connectivity index (χ4v) is 2.74. The lowest BCUT2D eigenvalue weighted by molar-refractivity contribution is -0.0521. The van der Waals surface area contributed by atoms with Gasteiger partial charge in [-0.1, -0.05) is 6.92 Å². The molecule has 0 aromatic heterocycles. The van der Waals surface area contributed by atoms with Crippen LogP contribution in [0.2, 0.25) is 0 Å². The molecule has 1 aliphatic rings. The average Bonchev–Trinajstić information content (AvgIpc) is 2.41. The minimum absolute atomic E-state index is 0.254. The minimum Gasteiger partial charge on any atom is -0.432 e. The van der Waals surface area contributed by atoms with Gasteiger partial charge in [-0.05, 0) is 25.7 Å². The smallest absolute Gasteiger partial charge is 0.387 e. The molecule has 1 aliphatic heterocycles. The van der Waals surface area contributed by atoms with Crippen LogP contribution in [0.15, 0.2) is 12.1 Å². The molecule has 0 saturated carbocycles. The average molecular weight is 288 g/mol. The summed E-state index contributed by atoms with van der Waals surface area (Å²) in [5.74, 6) is -1.32. The standard InChI is InChI=1S/C14H19F3N2O/c1-2-9-5-3-4-6-19(9)12-8-13(20-14(16)17)10(15)7-11(12)18/h7-9,14H,2-6,18H2,1H3. The normalized spacial score (nSPS) is 19.4.